The molecule has 0 radical (unpaired) electrons. The molecule has 0 spiro atoms. The van der Waals surface area contributed by atoms with Crippen molar-refractivity contribution in [1.29, 1.82) is 0 Å². The SMILES string of the molecule is COC(=O)c1cc(NCc2cc(=O)oc3c(C)c(C)ccc23)c(F)cc1F. The number of hydrogen-bond donors (Lipinski definition) is 1. The summed E-state index contributed by atoms with van der Waals surface area (Å²) in [5.74, 6) is -2.78. The first-order valence-electron chi connectivity index (χ1n) is 8.16. The number of aryl methyl sites for hydroxylation is 2. The van der Waals surface area contributed by atoms with Gasteiger partial charge in [0.05, 0.1) is 18.4 Å². The molecule has 0 bridgehead atoms. The number of methoxy groups -OCH3 is 1. The molecule has 5 nitrogen and oxygen atoms in total. The Balaban J connectivity index is 1.99. The fourth-order valence-corrected chi connectivity index (χ4v) is 2.81. The maximum Gasteiger partial charge on any atom is 0.340 e. The van der Waals surface area contributed by atoms with Crippen molar-refractivity contribution in [2.45, 2.75) is 20.4 Å². The third kappa shape index (κ3) is 3.53. The molecule has 0 unspecified atom stereocenters. The van der Waals surface area contributed by atoms with E-state index in [4.69, 9.17) is 4.42 Å². The van der Waals surface area contributed by atoms with Gasteiger partial charge in [0.25, 0.3) is 0 Å². The first-order valence-corrected chi connectivity index (χ1v) is 8.16. The van der Waals surface area contributed by atoms with Crippen LogP contribution in [0.15, 0.2) is 39.5 Å². The van der Waals surface area contributed by atoms with Gasteiger partial charge in [-0.1, -0.05) is 12.1 Å². The molecule has 140 valence electrons. The predicted molar refractivity (Wildman–Crippen MR) is 97.0 cm³/mol. The largest absolute Gasteiger partial charge is 0.465 e. The number of hydrogen-bond acceptors (Lipinski definition) is 5. The number of benzene rings is 2. The van der Waals surface area contributed by atoms with E-state index in [0.717, 1.165) is 24.3 Å². The van der Waals surface area contributed by atoms with E-state index in [1.54, 1.807) is 0 Å². The van der Waals surface area contributed by atoms with E-state index in [-0.39, 0.29) is 17.8 Å². The normalized spacial score (nSPS) is 10.9. The zero-order valence-corrected chi connectivity index (χ0v) is 15.0. The molecule has 1 N–H and O–H groups in total. The lowest BCUT2D eigenvalue weighted by molar-refractivity contribution is 0.0595. The number of esters is 1. The summed E-state index contributed by atoms with van der Waals surface area (Å²) in [5.41, 5.74) is 1.88. The Morgan fingerprint density at radius 2 is 1.89 bits per heavy atom. The summed E-state index contributed by atoms with van der Waals surface area (Å²) in [6.45, 7) is 3.83. The van der Waals surface area contributed by atoms with E-state index in [2.05, 4.69) is 10.1 Å². The molecule has 27 heavy (non-hydrogen) atoms. The smallest absolute Gasteiger partial charge is 0.340 e. The summed E-state index contributed by atoms with van der Waals surface area (Å²) in [5, 5.41) is 3.51. The lowest BCUT2D eigenvalue weighted by Crippen LogP contribution is -2.10. The van der Waals surface area contributed by atoms with Gasteiger partial charge in [-0.2, -0.15) is 0 Å². The van der Waals surface area contributed by atoms with E-state index in [1.165, 1.54) is 6.07 Å². The minimum atomic E-state index is -1.01. The lowest BCUT2D eigenvalue weighted by atomic mass is 10.0. The number of carbonyl (C=O) groups excluding carboxylic acids is 1. The molecule has 0 saturated heterocycles. The second kappa shape index (κ2) is 7.19. The van der Waals surface area contributed by atoms with Crippen LogP contribution in [0.5, 0.6) is 0 Å². The lowest BCUT2D eigenvalue weighted by Gasteiger charge is -2.12. The second-order valence-corrected chi connectivity index (χ2v) is 6.13. The molecular weight excluding hydrogens is 356 g/mol. The Morgan fingerprint density at radius 3 is 2.59 bits per heavy atom. The van der Waals surface area contributed by atoms with E-state index >= 15 is 0 Å². The quantitative estimate of drug-likeness (QED) is 0.551. The van der Waals surface area contributed by atoms with Gasteiger partial charge in [0.1, 0.15) is 17.2 Å². The zero-order chi connectivity index (χ0) is 19.7. The Labute approximate surface area is 153 Å². The molecule has 3 rings (SSSR count). The van der Waals surface area contributed by atoms with Crippen molar-refractivity contribution >= 4 is 22.6 Å². The van der Waals surface area contributed by atoms with Gasteiger partial charge in [-0.25, -0.2) is 18.4 Å². The molecule has 0 fully saturated rings. The summed E-state index contributed by atoms with van der Waals surface area (Å²) in [4.78, 5) is 23.5. The van der Waals surface area contributed by atoms with Gasteiger partial charge in [0, 0.05) is 24.1 Å². The van der Waals surface area contributed by atoms with Gasteiger partial charge in [-0.15, -0.1) is 0 Å². The van der Waals surface area contributed by atoms with Crippen molar-refractivity contribution in [2.75, 3.05) is 12.4 Å². The van der Waals surface area contributed by atoms with Crippen LogP contribution in [0.25, 0.3) is 11.0 Å². The van der Waals surface area contributed by atoms with Gasteiger partial charge in [0.15, 0.2) is 0 Å². The predicted octanol–water partition coefficient (Wildman–Crippen LogP) is 4.09. The highest BCUT2D eigenvalue weighted by molar-refractivity contribution is 5.91. The fraction of sp³-hybridized carbons (Fsp3) is 0.200. The Hall–Kier alpha value is -3.22. The molecular formula is C20H17F2NO4. The van der Waals surface area contributed by atoms with Crippen LogP contribution in [0, 0.1) is 25.5 Å². The van der Waals surface area contributed by atoms with Crippen molar-refractivity contribution in [3.05, 3.63) is 74.6 Å². The summed E-state index contributed by atoms with van der Waals surface area (Å²) in [6, 6.07) is 6.68. The molecule has 3 aromatic rings. The summed E-state index contributed by atoms with van der Waals surface area (Å²) >= 11 is 0. The van der Waals surface area contributed by atoms with Crippen molar-refractivity contribution in [3.63, 3.8) is 0 Å². The third-order valence-electron chi connectivity index (χ3n) is 4.45. The second-order valence-electron chi connectivity index (χ2n) is 6.13. The molecule has 0 saturated carbocycles. The number of carbonyl (C=O) groups is 1. The zero-order valence-electron chi connectivity index (χ0n) is 15.0. The van der Waals surface area contributed by atoms with E-state index in [1.807, 2.05) is 26.0 Å². The molecule has 0 atom stereocenters. The van der Waals surface area contributed by atoms with Crippen molar-refractivity contribution < 1.29 is 22.7 Å². The van der Waals surface area contributed by atoms with Crippen LogP contribution in [-0.2, 0) is 11.3 Å². The standard InChI is InChI=1S/C20H17F2NO4/c1-10-4-5-13-12(6-18(24)27-19(13)11(10)2)9-23-17-7-14(20(25)26-3)15(21)8-16(17)22/h4-8,23H,9H2,1-3H3. The molecule has 0 aliphatic rings. The molecule has 1 aromatic heterocycles. The van der Waals surface area contributed by atoms with E-state index < -0.39 is 23.2 Å². The van der Waals surface area contributed by atoms with Gasteiger partial charge < -0.3 is 14.5 Å². The topological polar surface area (TPSA) is 68.5 Å². The number of anilines is 1. The van der Waals surface area contributed by atoms with Crippen LogP contribution in [0.3, 0.4) is 0 Å². The Bertz CT molecular complexity index is 1110. The number of rotatable bonds is 4. The molecule has 0 aliphatic heterocycles. The summed E-state index contributed by atoms with van der Waals surface area (Å²) in [6.07, 6.45) is 0. The molecule has 0 aliphatic carbocycles. The summed E-state index contributed by atoms with van der Waals surface area (Å²) < 4.78 is 37.6. The Kier molecular flexibility index (Phi) is 4.94. The first kappa shape index (κ1) is 18.6. The van der Waals surface area contributed by atoms with Crippen molar-refractivity contribution in [1.82, 2.24) is 0 Å². The highest BCUT2D eigenvalue weighted by atomic mass is 19.1. The van der Waals surface area contributed by atoms with E-state index in [0.29, 0.717) is 22.6 Å². The van der Waals surface area contributed by atoms with Gasteiger partial charge in [0.2, 0.25) is 0 Å². The monoisotopic (exact) mass is 373 g/mol. The van der Waals surface area contributed by atoms with Crippen molar-refractivity contribution in [2.24, 2.45) is 0 Å². The molecule has 1 heterocycles. The maximum absolute atomic E-state index is 14.1. The average Bonchev–Trinajstić information content (AvgIpc) is 2.63. The number of ether oxygens (including phenoxy) is 1. The van der Waals surface area contributed by atoms with Crippen LogP contribution in [0.4, 0.5) is 14.5 Å². The highest BCUT2D eigenvalue weighted by Gasteiger charge is 2.17. The van der Waals surface area contributed by atoms with Crippen LogP contribution in [-0.4, -0.2) is 13.1 Å². The van der Waals surface area contributed by atoms with Gasteiger partial charge in [-0.05, 0) is 36.6 Å². The minimum Gasteiger partial charge on any atom is -0.465 e. The number of nitrogens with one attached hydrogen (secondary N) is 1. The van der Waals surface area contributed by atoms with Gasteiger partial charge >= 0.3 is 11.6 Å². The van der Waals surface area contributed by atoms with Crippen LogP contribution in [0.2, 0.25) is 0 Å². The number of halogens is 2. The fourth-order valence-electron chi connectivity index (χ4n) is 2.81. The van der Waals surface area contributed by atoms with Crippen LogP contribution < -0.4 is 10.9 Å². The number of fused-ring (bicyclic) bond motifs is 1. The highest BCUT2D eigenvalue weighted by Crippen LogP contribution is 2.25. The van der Waals surface area contributed by atoms with Crippen molar-refractivity contribution in [3.8, 4) is 0 Å². The Morgan fingerprint density at radius 1 is 1.15 bits per heavy atom. The van der Waals surface area contributed by atoms with E-state index in [9.17, 15) is 18.4 Å². The maximum atomic E-state index is 14.1. The van der Waals surface area contributed by atoms with Gasteiger partial charge in [-0.3, -0.25) is 0 Å². The first-order chi connectivity index (χ1) is 12.8. The molecule has 0 amide bonds. The molecule has 2 aromatic carbocycles. The molecule has 7 heteroatoms. The summed E-state index contributed by atoms with van der Waals surface area (Å²) in [7, 11) is 1.11. The minimum absolute atomic E-state index is 0.0771. The van der Waals surface area contributed by atoms with Crippen LogP contribution >= 0.6 is 0 Å². The van der Waals surface area contributed by atoms with Crippen LogP contribution in [0.1, 0.15) is 27.0 Å². The third-order valence-corrected chi connectivity index (χ3v) is 4.45. The average molecular weight is 373 g/mol.